The fraction of sp³-hybridized carbons (Fsp3) is 0.400. The van der Waals surface area contributed by atoms with Crippen molar-refractivity contribution < 1.29 is 31.4 Å². The second kappa shape index (κ2) is 6.50. The van der Waals surface area contributed by atoms with Crippen molar-refractivity contribution in [3.63, 3.8) is 0 Å². The van der Waals surface area contributed by atoms with Gasteiger partial charge in [-0.15, -0.1) is 0 Å². The van der Waals surface area contributed by atoms with E-state index in [2.05, 4.69) is 4.74 Å². The van der Waals surface area contributed by atoms with Crippen LogP contribution >= 0.6 is 0 Å². The Kier molecular flexibility index (Phi) is 5.29. The second-order valence-corrected chi connectivity index (χ2v) is 3.15. The molecular formula is C10H10F5NO2. The van der Waals surface area contributed by atoms with Crippen LogP contribution in [0.2, 0.25) is 0 Å². The molecule has 0 atom stereocenters. The molecule has 2 N–H and O–H groups in total. The van der Waals surface area contributed by atoms with Crippen LogP contribution in [0.1, 0.15) is 0 Å². The Morgan fingerprint density at radius 3 is 1.72 bits per heavy atom. The first-order chi connectivity index (χ1) is 8.50. The molecule has 3 nitrogen and oxygen atoms in total. The van der Waals surface area contributed by atoms with Crippen LogP contribution in [0.4, 0.5) is 22.0 Å². The topological polar surface area (TPSA) is 44.5 Å². The Balaban J connectivity index is 2.77. The SMILES string of the molecule is NCCOCCOc1c(F)c(F)c(F)c(F)c1F. The number of nitrogens with two attached hydrogens (primary N) is 1. The Morgan fingerprint density at radius 2 is 1.22 bits per heavy atom. The van der Waals surface area contributed by atoms with Crippen molar-refractivity contribution in [1.29, 1.82) is 0 Å². The van der Waals surface area contributed by atoms with E-state index in [1.807, 2.05) is 0 Å². The van der Waals surface area contributed by atoms with Crippen LogP contribution in [0, 0.1) is 29.1 Å². The monoisotopic (exact) mass is 271 g/mol. The van der Waals surface area contributed by atoms with E-state index in [4.69, 9.17) is 10.5 Å². The quantitative estimate of drug-likeness (QED) is 0.371. The lowest BCUT2D eigenvalue weighted by atomic mass is 10.2. The van der Waals surface area contributed by atoms with Gasteiger partial charge in [0.05, 0.1) is 13.2 Å². The predicted octanol–water partition coefficient (Wildman–Crippen LogP) is 1.74. The molecule has 1 aromatic carbocycles. The van der Waals surface area contributed by atoms with Gasteiger partial charge in [-0.25, -0.2) is 13.2 Å². The molecule has 0 saturated heterocycles. The van der Waals surface area contributed by atoms with Crippen molar-refractivity contribution in [2.24, 2.45) is 5.73 Å². The van der Waals surface area contributed by atoms with Gasteiger partial charge in [0, 0.05) is 6.54 Å². The zero-order chi connectivity index (χ0) is 13.7. The van der Waals surface area contributed by atoms with Crippen LogP contribution < -0.4 is 10.5 Å². The molecule has 0 radical (unpaired) electrons. The second-order valence-electron chi connectivity index (χ2n) is 3.15. The van der Waals surface area contributed by atoms with E-state index in [1.165, 1.54) is 0 Å². The molecule has 0 aromatic heterocycles. The van der Waals surface area contributed by atoms with Gasteiger partial charge in [0.15, 0.2) is 5.75 Å². The molecule has 0 bridgehead atoms. The Labute approximate surface area is 99.3 Å². The maximum absolute atomic E-state index is 13.1. The number of rotatable bonds is 6. The van der Waals surface area contributed by atoms with Gasteiger partial charge in [-0.3, -0.25) is 0 Å². The molecule has 1 aromatic rings. The Hall–Kier alpha value is -1.41. The van der Waals surface area contributed by atoms with Gasteiger partial charge in [0.1, 0.15) is 6.61 Å². The molecular weight excluding hydrogens is 261 g/mol. The summed E-state index contributed by atoms with van der Waals surface area (Å²) in [6.45, 7) is -0.0158. The predicted molar refractivity (Wildman–Crippen MR) is 51.6 cm³/mol. The third-order valence-electron chi connectivity index (χ3n) is 1.91. The summed E-state index contributed by atoms with van der Waals surface area (Å²) in [5, 5.41) is 0. The van der Waals surface area contributed by atoms with Gasteiger partial charge in [-0.05, 0) is 0 Å². The minimum absolute atomic E-state index is 0.0866. The first-order valence-electron chi connectivity index (χ1n) is 4.92. The summed E-state index contributed by atoms with van der Waals surface area (Å²) in [5.74, 6) is -11.7. The largest absolute Gasteiger partial charge is 0.485 e. The molecule has 1 rings (SSSR count). The first kappa shape index (κ1) is 14.7. The number of benzene rings is 1. The van der Waals surface area contributed by atoms with Gasteiger partial charge in [-0.1, -0.05) is 0 Å². The normalized spacial score (nSPS) is 10.8. The average Bonchev–Trinajstić information content (AvgIpc) is 2.37. The fourth-order valence-corrected chi connectivity index (χ4v) is 1.10. The van der Waals surface area contributed by atoms with E-state index in [1.54, 1.807) is 0 Å². The standard InChI is InChI=1S/C10H10F5NO2/c11-5-6(12)8(14)10(9(15)7(5)13)18-4-3-17-2-1-16/h1-4,16H2. The molecule has 8 heteroatoms. The van der Waals surface area contributed by atoms with Crippen LogP contribution in [-0.4, -0.2) is 26.4 Å². The summed E-state index contributed by atoms with van der Waals surface area (Å²) in [6.07, 6.45) is 0. The molecule has 0 aliphatic rings. The lowest BCUT2D eigenvalue weighted by molar-refractivity contribution is 0.101. The van der Waals surface area contributed by atoms with E-state index < -0.39 is 34.8 Å². The van der Waals surface area contributed by atoms with Gasteiger partial charge in [0.25, 0.3) is 0 Å². The zero-order valence-corrected chi connectivity index (χ0v) is 9.11. The van der Waals surface area contributed by atoms with Gasteiger partial charge < -0.3 is 15.2 Å². The fourth-order valence-electron chi connectivity index (χ4n) is 1.10. The summed E-state index contributed by atoms with van der Waals surface area (Å²) in [6, 6.07) is 0. The maximum Gasteiger partial charge on any atom is 0.206 e. The minimum Gasteiger partial charge on any atom is -0.485 e. The van der Waals surface area contributed by atoms with E-state index >= 15 is 0 Å². The van der Waals surface area contributed by atoms with Crippen LogP contribution in [0.3, 0.4) is 0 Å². The molecule has 0 fully saturated rings. The molecule has 0 unspecified atom stereocenters. The van der Waals surface area contributed by atoms with Crippen molar-refractivity contribution in [1.82, 2.24) is 0 Å². The van der Waals surface area contributed by atoms with Gasteiger partial charge in [-0.2, -0.15) is 8.78 Å². The van der Waals surface area contributed by atoms with E-state index in [0.29, 0.717) is 0 Å². The smallest absolute Gasteiger partial charge is 0.206 e. The number of hydrogen-bond donors (Lipinski definition) is 1. The van der Waals surface area contributed by atoms with Crippen LogP contribution in [-0.2, 0) is 4.74 Å². The van der Waals surface area contributed by atoms with Crippen molar-refractivity contribution in [3.8, 4) is 5.75 Å². The van der Waals surface area contributed by atoms with E-state index in [9.17, 15) is 22.0 Å². The highest BCUT2D eigenvalue weighted by Crippen LogP contribution is 2.28. The van der Waals surface area contributed by atoms with Crippen LogP contribution in [0.15, 0.2) is 0 Å². The summed E-state index contributed by atoms with van der Waals surface area (Å²) in [5.41, 5.74) is 5.10. The molecule has 0 spiro atoms. The Morgan fingerprint density at radius 1 is 0.722 bits per heavy atom. The molecule has 102 valence electrons. The van der Waals surface area contributed by atoms with E-state index in [-0.39, 0.29) is 26.4 Å². The highest BCUT2D eigenvalue weighted by atomic mass is 19.2. The molecule has 0 aliphatic carbocycles. The Bertz CT molecular complexity index is 398. The van der Waals surface area contributed by atoms with Crippen molar-refractivity contribution in [2.45, 2.75) is 0 Å². The zero-order valence-electron chi connectivity index (χ0n) is 9.11. The lowest BCUT2D eigenvalue weighted by Gasteiger charge is -2.10. The highest BCUT2D eigenvalue weighted by molar-refractivity contribution is 5.29. The molecule has 0 amide bonds. The summed E-state index contributed by atoms with van der Waals surface area (Å²) < 4.78 is 73.6. The van der Waals surface area contributed by atoms with Crippen LogP contribution in [0.25, 0.3) is 0 Å². The van der Waals surface area contributed by atoms with Gasteiger partial charge in [0.2, 0.25) is 29.1 Å². The lowest BCUT2D eigenvalue weighted by Crippen LogP contribution is -2.15. The highest BCUT2D eigenvalue weighted by Gasteiger charge is 2.26. The summed E-state index contributed by atoms with van der Waals surface area (Å²) >= 11 is 0. The van der Waals surface area contributed by atoms with Gasteiger partial charge >= 0.3 is 0 Å². The first-order valence-corrected chi connectivity index (χ1v) is 4.92. The van der Waals surface area contributed by atoms with Crippen LogP contribution in [0.5, 0.6) is 5.75 Å². The van der Waals surface area contributed by atoms with E-state index in [0.717, 1.165) is 0 Å². The summed E-state index contributed by atoms with van der Waals surface area (Å²) in [7, 11) is 0. The summed E-state index contributed by atoms with van der Waals surface area (Å²) in [4.78, 5) is 0. The molecule has 0 saturated carbocycles. The van der Waals surface area contributed by atoms with Crippen molar-refractivity contribution >= 4 is 0 Å². The average molecular weight is 271 g/mol. The molecule has 18 heavy (non-hydrogen) atoms. The number of ether oxygens (including phenoxy) is 2. The van der Waals surface area contributed by atoms with Crippen molar-refractivity contribution in [2.75, 3.05) is 26.4 Å². The third kappa shape index (κ3) is 3.08. The number of hydrogen-bond acceptors (Lipinski definition) is 3. The molecule has 0 heterocycles. The minimum atomic E-state index is -2.23. The maximum atomic E-state index is 13.1. The molecule has 0 aliphatic heterocycles. The van der Waals surface area contributed by atoms with Crippen molar-refractivity contribution in [3.05, 3.63) is 29.1 Å². The third-order valence-corrected chi connectivity index (χ3v) is 1.91. The number of halogens is 5.